The number of carbonyl (C=O) groups is 1. The van der Waals surface area contributed by atoms with Gasteiger partial charge in [0.05, 0.1) is 17.9 Å². The maximum absolute atomic E-state index is 12.3. The number of imidazole rings is 1. The first kappa shape index (κ1) is 18.2. The molecule has 1 aliphatic heterocycles. The summed E-state index contributed by atoms with van der Waals surface area (Å²) >= 11 is 0. The molecule has 1 saturated carbocycles. The third-order valence-corrected chi connectivity index (χ3v) is 5.98. The van der Waals surface area contributed by atoms with Gasteiger partial charge in [-0.15, -0.1) is 0 Å². The minimum atomic E-state index is -0.615. The van der Waals surface area contributed by atoms with Crippen LogP contribution in [0.1, 0.15) is 68.6 Å². The molecule has 140 valence electrons. The van der Waals surface area contributed by atoms with Crippen molar-refractivity contribution in [3.8, 4) is 0 Å². The zero-order valence-electron chi connectivity index (χ0n) is 15.9. The predicted octanol–water partition coefficient (Wildman–Crippen LogP) is 2.82. The molecule has 1 aliphatic carbocycles. The summed E-state index contributed by atoms with van der Waals surface area (Å²) in [5.41, 5.74) is 0.616. The molecule has 2 fully saturated rings. The summed E-state index contributed by atoms with van der Waals surface area (Å²) in [7, 11) is 1.88. The molecule has 3 rings (SSSR count). The van der Waals surface area contributed by atoms with Gasteiger partial charge in [0, 0.05) is 25.6 Å². The number of hydrogen-bond acceptors (Lipinski definition) is 5. The van der Waals surface area contributed by atoms with Crippen LogP contribution in [0.4, 0.5) is 5.95 Å². The zero-order chi connectivity index (χ0) is 18.2. The number of aryl methyl sites for hydroxylation is 1. The number of anilines is 1. The number of aliphatic hydroxyl groups is 1. The van der Waals surface area contributed by atoms with Crippen LogP contribution in [0, 0.1) is 12.8 Å². The van der Waals surface area contributed by atoms with Gasteiger partial charge in [0.25, 0.3) is 0 Å². The van der Waals surface area contributed by atoms with E-state index >= 15 is 0 Å². The van der Waals surface area contributed by atoms with Crippen LogP contribution in [0.3, 0.4) is 0 Å². The molecule has 1 saturated heterocycles. The van der Waals surface area contributed by atoms with Crippen molar-refractivity contribution in [3.63, 3.8) is 0 Å². The van der Waals surface area contributed by atoms with Crippen molar-refractivity contribution in [2.24, 2.45) is 13.0 Å². The molecule has 1 N–H and O–H groups in total. The summed E-state index contributed by atoms with van der Waals surface area (Å²) in [5.74, 6) is 0.762. The number of hydrogen-bond donors (Lipinski definition) is 1. The van der Waals surface area contributed by atoms with E-state index < -0.39 is 5.60 Å². The lowest BCUT2D eigenvalue weighted by atomic mass is 9.72. The molecule has 0 spiro atoms. The van der Waals surface area contributed by atoms with Crippen molar-refractivity contribution in [2.45, 2.75) is 70.9 Å². The minimum Gasteiger partial charge on any atom is -0.461 e. The number of rotatable bonds is 4. The van der Waals surface area contributed by atoms with Gasteiger partial charge >= 0.3 is 5.97 Å². The first-order valence-electron chi connectivity index (χ1n) is 9.56. The van der Waals surface area contributed by atoms with Gasteiger partial charge in [0.1, 0.15) is 0 Å². The SMILES string of the molecule is CCOC(=O)c1c(C)nc(N2CCCC2C2CCCCC2(C)O)n1C. The molecule has 0 radical (unpaired) electrons. The predicted molar refractivity (Wildman–Crippen MR) is 96.9 cm³/mol. The highest BCUT2D eigenvalue weighted by molar-refractivity contribution is 5.89. The molecule has 0 bridgehead atoms. The quantitative estimate of drug-likeness (QED) is 0.847. The Labute approximate surface area is 150 Å². The zero-order valence-corrected chi connectivity index (χ0v) is 15.9. The topological polar surface area (TPSA) is 67.6 Å². The van der Waals surface area contributed by atoms with E-state index in [0.29, 0.717) is 18.0 Å². The Balaban J connectivity index is 1.90. The van der Waals surface area contributed by atoms with Gasteiger partial charge < -0.3 is 19.3 Å². The van der Waals surface area contributed by atoms with Crippen LogP contribution < -0.4 is 4.90 Å². The van der Waals surface area contributed by atoms with E-state index in [2.05, 4.69) is 4.90 Å². The number of nitrogens with zero attached hydrogens (tertiary/aromatic N) is 3. The highest BCUT2D eigenvalue weighted by Gasteiger charge is 2.44. The fourth-order valence-electron chi connectivity index (χ4n) is 4.77. The second-order valence-electron chi connectivity index (χ2n) is 7.74. The van der Waals surface area contributed by atoms with Crippen LogP contribution in [0.15, 0.2) is 0 Å². The van der Waals surface area contributed by atoms with E-state index in [1.54, 1.807) is 0 Å². The van der Waals surface area contributed by atoms with Crippen molar-refractivity contribution in [1.82, 2.24) is 9.55 Å². The smallest absolute Gasteiger partial charge is 0.356 e. The van der Waals surface area contributed by atoms with Crippen LogP contribution in [0.25, 0.3) is 0 Å². The molecule has 0 aromatic carbocycles. The second kappa shape index (κ2) is 6.98. The van der Waals surface area contributed by atoms with E-state index in [1.807, 2.05) is 32.4 Å². The fourth-order valence-corrected chi connectivity index (χ4v) is 4.77. The van der Waals surface area contributed by atoms with Gasteiger partial charge in [-0.05, 0) is 46.5 Å². The summed E-state index contributed by atoms with van der Waals surface area (Å²) < 4.78 is 7.05. The third kappa shape index (κ3) is 3.28. The van der Waals surface area contributed by atoms with Crippen molar-refractivity contribution in [2.75, 3.05) is 18.1 Å². The number of esters is 1. The van der Waals surface area contributed by atoms with E-state index in [4.69, 9.17) is 9.72 Å². The molecule has 2 aliphatic rings. The molecule has 25 heavy (non-hydrogen) atoms. The Morgan fingerprint density at radius 1 is 1.36 bits per heavy atom. The summed E-state index contributed by atoms with van der Waals surface area (Å²) in [6, 6.07) is 0.283. The molecule has 0 amide bonds. The summed E-state index contributed by atoms with van der Waals surface area (Å²) in [6.07, 6.45) is 6.38. The van der Waals surface area contributed by atoms with Gasteiger partial charge in [-0.3, -0.25) is 0 Å². The van der Waals surface area contributed by atoms with Gasteiger partial charge in [-0.25, -0.2) is 9.78 Å². The average molecular weight is 349 g/mol. The van der Waals surface area contributed by atoms with Gasteiger partial charge in [0.15, 0.2) is 5.69 Å². The third-order valence-electron chi connectivity index (χ3n) is 5.98. The normalized spacial score (nSPS) is 29.9. The second-order valence-corrected chi connectivity index (χ2v) is 7.74. The van der Waals surface area contributed by atoms with Gasteiger partial charge in [-0.2, -0.15) is 0 Å². The maximum atomic E-state index is 12.3. The average Bonchev–Trinajstić information content (AvgIpc) is 3.11. The lowest BCUT2D eigenvalue weighted by molar-refractivity contribution is -0.0412. The Morgan fingerprint density at radius 2 is 2.12 bits per heavy atom. The first-order valence-corrected chi connectivity index (χ1v) is 9.56. The Morgan fingerprint density at radius 3 is 2.80 bits per heavy atom. The van der Waals surface area contributed by atoms with Crippen LogP contribution in [-0.2, 0) is 11.8 Å². The van der Waals surface area contributed by atoms with E-state index in [0.717, 1.165) is 44.6 Å². The van der Waals surface area contributed by atoms with Crippen molar-refractivity contribution in [1.29, 1.82) is 0 Å². The van der Waals surface area contributed by atoms with Gasteiger partial charge in [-0.1, -0.05) is 12.8 Å². The molecule has 2 heterocycles. The molecule has 1 aromatic rings. The summed E-state index contributed by atoms with van der Waals surface area (Å²) in [5, 5.41) is 10.9. The molecule has 6 nitrogen and oxygen atoms in total. The van der Waals surface area contributed by atoms with Crippen molar-refractivity contribution < 1.29 is 14.6 Å². The van der Waals surface area contributed by atoms with Crippen molar-refractivity contribution >= 4 is 11.9 Å². The van der Waals surface area contributed by atoms with Crippen LogP contribution in [-0.4, -0.2) is 45.4 Å². The van der Waals surface area contributed by atoms with Crippen molar-refractivity contribution in [3.05, 3.63) is 11.4 Å². The monoisotopic (exact) mass is 349 g/mol. The van der Waals surface area contributed by atoms with Crippen LogP contribution in [0.2, 0.25) is 0 Å². The maximum Gasteiger partial charge on any atom is 0.356 e. The van der Waals surface area contributed by atoms with E-state index in [9.17, 15) is 9.90 Å². The fraction of sp³-hybridized carbons (Fsp3) is 0.789. The lowest BCUT2D eigenvalue weighted by Crippen LogP contribution is -2.49. The highest BCUT2D eigenvalue weighted by Crippen LogP contribution is 2.42. The van der Waals surface area contributed by atoms with Crippen LogP contribution >= 0.6 is 0 Å². The summed E-state index contributed by atoms with van der Waals surface area (Å²) in [6.45, 7) is 6.94. The molecule has 3 atom stereocenters. The Kier molecular flexibility index (Phi) is 5.09. The number of carbonyl (C=O) groups excluding carboxylic acids is 1. The molecule has 3 unspecified atom stereocenters. The minimum absolute atomic E-state index is 0.256. The lowest BCUT2D eigenvalue weighted by Gasteiger charge is -2.43. The Bertz CT molecular complexity index is 638. The number of aromatic nitrogens is 2. The Hall–Kier alpha value is -1.56. The van der Waals surface area contributed by atoms with E-state index in [-0.39, 0.29) is 17.9 Å². The summed E-state index contributed by atoms with van der Waals surface area (Å²) in [4.78, 5) is 19.3. The largest absolute Gasteiger partial charge is 0.461 e. The van der Waals surface area contributed by atoms with Gasteiger partial charge in [0.2, 0.25) is 5.95 Å². The molecule has 1 aromatic heterocycles. The molecular weight excluding hydrogens is 318 g/mol. The molecule has 6 heteroatoms. The number of ether oxygens (including phenoxy) is 1. The van der Waals surface area contributed by atoms with E-state index in [1.165, 1.54) is 6.42 Å². The molecular formula is C19H31N3O3. The highest BCUT2D eigenvalue weighted by atomic mass is 16.5. The first-order chi connectivity index (χ1) is 11.9. The van der Waals surface area contributed by atoms with Crippen LogP contribution in [0.5, 0.6) is 0 Å². The standard InChI is InChI=1S/C19H31N3O3/c1-5-25-17(23)16-13(2)20-18(21(16)4)22-12-8-10-15(22)14-9-6-7-11-19(14,3)24/h14-15,24H,5-12H2,1-4H3.